The number of hydrogen-bond donors (Lipinski definition) is 1. The van der Waals surface area contributed by atoms with Gasteiger partial charge in [0.05, 0.1) is 39.1 Å². The van der Waals surface area contributed by atoms with Crippen LogP contribution in [0.3, 0.4) is 0 Å². The molecule has 4 rings (SSSR count). The number of nitrogens with one attached hydrogen (secondary N) is 1. The molecular formula is C29H33NO5. The van der Waals surface area contributed by atoms with Gasteiger partial charge in [0.15, 0.2) is 0 Å². The highest BCUT2D eigenvalue weighted by Gasteiger charge is 2.42. The van der Waals surface area contributed by atoms with Crippen molar-refractivity contribution < 1.29 is 23.7 Å². The maximum absolute atomic E-state index is 11.9. The van der Waals surface area contributed by atoms with Crippen LogP contribution in [0.4, 0.5) is 0 Å². The summed E-state index contributed by atoms with van der Waals surface area (Å²) in [5.74, 6) is -0.132. The summed E-state index contributed by atoms with van der Waals surface area (Å²) in [4.78, 5) is 11.9. The average molecular weight is 476 g/mol. The van der Waals surface area contributed by atoms with Gasteiger partial charge in [0, 0.05) is 6.92 Å². The Morgan fingerprint density at radius 1 is 0.771 bits per heavy atom. The molecule has 1 amide bonds. The first-order valence-corrected chi connectivity index (χ1v) is 12.0. The molecule has 0 aliphatic carbocycles. The molecular weight excluding hydrogens is 442 g/mol. The van der Waals surface area contributed by atoms with Gasteiger partial charge in [0.1, 0.15) is 18.3 Å². The predicted octanol–water partition coefficient (Wildman–Crippen LogP) is 4.28. The number of ether oxygens (including phenoxy) is 4. The zero-order valence-electron chi connectivity index (χ0n) is 20.0. The molecule has 3 aromatic carbocycles. The first-order valence-electron chi connectivity index (χ1n) is 12.0. The third kappa shape index (κ3) is 7.73. The Morgan fingerprint density at radius 3 is 1.77 bits per heavy atom. The fraction of sp³-hybridized carbons (Fsp3) is 0.345. The summed E-state index contributed by atoms with van der Waals surface area (Å²) in [6, 6.07) is 29.7. The number of rotatable bonds is 11. The van der Waals surface area contributed by atoms with E-state index in [1.54, 1.807) is 0 Å². The highest BCUT2D eigenvalue weighted by Crippen LogP contribution is 2.25. The molecule has 35 heavy (non-hydrogen) atoms. The van der Waals surface area contributed by atoms with E-state index in [9.17, 15) is 4.79 Å². The minimum atomic E-state index is -0.430. The maximum Gasteiger partial charge on any atom is 0.217 e. The Kier molecular flexibility index (Phi) is 9.43. The third-order valence-corrected chi connectivity index (χ3v) is 5.93. The van der Waals surface area contributed by atoms with E-state index < -0.39 is 12.2 Å². The van der Waals surface area contributed by atoms with Crippen molar-refractivity contribution in [3.63, 3.8) is 0 Å². The Morgan fingerprint density at radius 2 is 1.26 bits per heavy atom. The molecule has 3 aromatic rings. The Labute approximate surface area is 207 Å². The zero-order chi connectivity index (χ0) is 24.3. The fourth-order valence-corrected chi connectivity index (χ4v) is 4.20. The lowest BCUT2D eigenvalue weighted by molar-refractivity contribution is -0.208. The summed E-state index contributed by atoms with van der Waals surface area (Å²) in [5.41, 5.74) is 3.21. The second kappa shape index (κ2) is 13.2. The summed E-state index contributed by atoms with van der Waals surface area (Å²) in [7, 11) is 0. The second-order valence-corrected chi connectivity index (χ2v) is 8.70. The van der Waals surface area contributed by atoms with Crippen LogP contribution in [-0.2, 0) is 43.6 Å². The number of amides is 1. The third-order valence-electron chi connectivity index (χ3n) is 5.93. The minimum absolute atomic E-state index is 0.132. The van der Waals surface area contributed by atoms with Gasteiger partial charge in [-0.2, -0.15) is 0 Å². The Bertz CT molecular complexity index is 1020. The van der Waals surface area contributed by atoms with Crippen LogP contribution in [0.25, 0.3) is 0 Å². The highest BCUT2D eigenvalue weighted by molar-refractivity contribution is 5.73. The van der Waals surface area contributed by atoms with E-state index in [1.165, 1.54) is 6.92 Å². The molecule has 184 valence electrons. The summed E-state index contributed by atoms with van der Waals surface area (Å²) < 4.78 is 25.0. The van der Waals surface area contributed by atoms with Crippen molar-refractivity contribution in [2.24, 2.45) is 0 Å². The lowest BCUT2D eigenvalue weighted by Gasteiger charge is -2.42. The summed E-state index contributed by atoms with van der Waals surface area (Å²) >= 11 is 0. The quantitative estimate of drug-likeness (QED) is 0.449. The Hall–Kier alpha value is -3.03. The monoisotopic (exact) mass is 475 g/mol. The molecule has 1 aliphatic heterocycles. The molecule has 0 bridgehead atoms. The molecule has 0 saturated carbocycles. The molecule has 1 N–H and O–H groups in total. The van der Waals surface area contributed by atoms with Crippen LogP contribution in [0.2, 0.25) is 0 Å². The van der Waals surface area contributed by atoms with Crippen molar-refractivity contribution in [1.82, 2.24) is 5.32 Å². The first kappa shape index (κ1) is 25.1. The molecule has 1 aliphatic rings. The SMILES string of the molecule is CC(=O)N[C@H]1CO[C@H](COCc2ccccc2)[C@H](OCc2ccccc2)[C@@H]1OCc1ccccc1. The van der Waals surface area contributed by atoms with Crippen molar-refractivity contribution >= 4 is 5.91 Å². The fourth-order valence-electron chi connectivity index (χ4n) is 4.20. The van der Waals surface area contributed by atoms with Gasteiger partial charge in [-0.05, 0) is 16.7 Å². The topological polar surface area (TPSA) is 66.0 Å². The number of benzene rings is 3. The standard InChI is InChI=1S/C29H33NO5/c1-22(31)30-26-20-33-27(21-32-17-23-11-5-2-6-12-23)29(35-19-25-15-9-4-10-16-25)28(26)34-18-24-13-7-3-8-14-24/h2-16,26-29H,17-21H2,1H3,(H,30,31)/t26-,27+,28+,29-/m0/s1. The van der Waals surface area contributed by atoms with Gasteiger partial charge >= 0.3 is 0 Å². The van der Waals surface area contributed by atoms with E-state index in [1.807, 2.05) is 91.0 Å². The second-order valence-electron chi connectivity index (χ2n) is 8.70. The first-order chi connectivity index (χ1) is 17.2. The minimum Gasteiger partial charge on any atom is -0.374 e. The van der Waals surface area contributed by atoms with Crippen molar-refractivity contribution in [3.8, 4) is 0 Å². The Balaban J connectivity index is 1.49. The van der Waals surface area contributed by atoms with Crippen LogP contribution >= 0.6 is 0 Å². The molecule has 1 saturated heterocycles. The van der Waals surface area contributed by atoms with Crippen LogP contribution in [0.5, 0.6) is 0 Å². The van der Waals surface area contributed by atoms with E-state index in [2.05, 4.69) is 5.32 Å². The van der Waals surface area contributed by atoms with Crippen LogP contribution < -0.4 is 5.32 Å². The normalized spacial score (nSPS) is 22.0. The molecule has 1 heterocycles. The van der Waals surface area contributed by atoms with Crippen molar-refractivity contribution in [1.29, 1.82) is 0 Å². The van der Waals surface area contributed by atoms with Gasteiger partial charge in [-0.15, -0.1) is 0 Å². The summed E-state index contributed by atoms with van der Waals surface area (Å²) in [6.45, 7) is 3.47. The van der Waals surface area contributed by atoms with Crippen molar-refractivity contribution in [2.75, 3.05) is 13.2 Å². The van der Waals surface area contributed by atoms with Gasteiger partial charge in [0.25, 0.3) is 0 Å². The molecule has 6 nitrogen and oxygen atoms in total. The van der Waals surface area contributed by atoms with Gasteiger partial charge in [-0.25, -0.2) is 0 Å². The molecule has 0 unspecified atom stereocenters. The van der Waals surface area contributed by atoms with Crippen LogP contribution in [0.15, 0.2) is 91.0 Å². The lowest BCUT2D eigenvalue weighted by atomic mass is 9.97. The molecule has 0 radical (unpaired) electrons. The summed E-state index contributed by atoms with van der Waals surface area (Å²) in [5, 5.41) is 2.99. The molecule has 4 atom stereocenters. The van der Waals surface area contributed by atoms with Gasteiger partial charge in [-0.3, -0.25) is 4.79 Å². The van der Waals surface area contributed by atoms with Crippen molar-refractivity contribution in [2.45, 2.75) is 51.1 Å². The molecule has 0 spiro atoms. The molecule has 1 fully saturated rings. The van der Waals surface area contributed by atoms with E-state index >= 15 is 0 Å². The highest BCUT2D eigenvalue weighted by atomic mass is 16.6. The number of carbonyl (C=O) groups is 1. The van der Waals surface area contributed by atoms with Crippen LogP contribution in [0.1, 0.15) is 23.6 Å². The van der Waals surface area contributed by atoms with Crippen molar-refractivity contribution in [3.05, 3.63) is 108 Å². The van der Waals surface area contributed by atoms with Crippen LogP contribution in [0, 0.1) is 0 Å². The van der Waals surface area contributed by atoms with Gasteiger partial charge < -0.3 is 24.3 Å². The smallest absolute Gasteiger partial charge is 0.217 e. The largest absolute Gasteiger partial charge is 0.374 e. The van der Waals surface area contributed by atoms with E-state index in [4.69, 9.17) is 18.9 Å². The van der Waals surface area contributed by atoms with Gasteiger partial charge in [-0.1, -0.05) is 91.0 Å². The predicted molar refractivity (Wildman–Crippen MR) is 133 cm³/mol. The number of hydrogen-bond acceptors (Lipinski definition) is 5. The van der Waals surface area contributed by atoms with Crippen LogP contribution in [-0.4, -0.2) is 43.5 Å². The number of carbonyl (C=O) groups excluding carboxylic acids is 1. The molecule has 6 heteroatoms. The molecule has 0 aromatic heterocycles. The average Bonchev–Trinajstić information content (AvgIpc) is 2.89. The van der Waals surface area contributed by atoms with E-state index in [0.29, 0.717) is 33.0 Å². The lowest BCUT2D eigenvalue weighted by Crippen LogP contribution is -2.61. The maximum atomic E-state index is 11.9. The van der Waals surface area contributed by atoms with E-state index in [0.717, 1.165) is 16.7 Å². The summed E-state index contributed by atoms with van der Waals surface area (Å²) in [6.07, 6.45) is -1.17. The zero-order valence-corrected chi connectivity index (χ0v) is 20.0. The van der Waals surface area contributed by atoms with Gasteiger partial charge in [0.2, 0.25) is 5.91 Å². The van der Waals surface area contributed by atoms with E-state index in [-0.39, 0.29) is 18.1 Å².